The van der Waals surface area contributed by atoms with Crippen LogP contribution in [-0.2, 0) is 0 Å². The van der Waals surface area contributed by atoms with Gasteiger partial charge in [0.05, 0.1) is 38.5 Å². The highest BCUT2D eigenvalue weighted by Gasteiger charge is 2.20. The molecule has 13 rings (SSSR count). The zero-order valence-electron chi connectivity index (χ0n) is 31.3. The average Bonchev–Trinajstić information content (AvgIpc) is 4.03. The van der Waals surface area contributed by atoms with Crippen LogP contribution in [0.4, 0.5) is 0 Å². The maximum Gasteiger partial charge on any atom is 0.145 e. The normalized spacial score (nSPS) is 12.1. The molecular weight excluding hydrogens is 707 g/mol. The first-order valence-corrected chi connectivity index (χ1v) is 19.8. The second kappa shape index (κ2) is 11.8. The molecule has 4 heteroatoms. The molecule has 0 radical (unpaired) electrons. The Kier molecular flexibility index (Phi) is 6.41. The third kappa shape index (κ3) is 4.34. The number of furan rings is 1. The van der Waals surface area contributed by atoms with E-state index < -0.39 is 0 Å². The molecule has 0 bridgehead atoms. The highest BCUT2D eigenvalue weighted by Crippen LogP contribution is 2.42. The van der Waals surface area contributed by atoms with Gasteiger partial charge in [-0.05, 0) is 96.1 Å². The topological polar surface area (TPSA) is 27.9 Å². The summed E-state index contributed by atoms with van der Waals surface area (Å²) in [5.41, 5.74) is 14.6. The Morgan fingerprint density at radius 1 is 0.276 bits per heavy atom. The third-order valence-corrected chi connectivity index (χ3v) is 12.2. The van der Waals surface area contributed by atoms with Gasteiger partial charge in [-0.3, -0.25) is 0 Å². The number of fused-ring (bicyclic) bond motifs is 13. The first kappa shape index (κ1) is 31.4. The second-order valence-electron chi connectivity index (χ2n) is 15.3. The quantitative estimate of drug-likeness (QED) is 0.177. The van der Waals surface area contributed by atoms with Gasteiger partial charge in [0.25, 0.3) is 0 Å². The zero-order valence-corrected chi connectivity index (χ0v) is 31.3. The molecule has 0 amide bonds. The van der Waals surface area contributed by atoms with E-state index >= 15 is 0 Å². The van der Waals surface area contributed by atoms with Crippen LogP contribution in [0.25, 0.3) is 116 Å². The van der Waals surface area contributed by atoms with Crippen LogP contribution in [0.5, 0.6) is 0 Å². The summed E-state index contributed by atoms with van der Waals surface area (Å²) in [7, 11) is 0. The number of nitrogens with zero attached hydrogens (tertiary/aromatic N) is 3. The fourth-order valence-corrected chi connectivity index (χ4v) is 9.74. The minimum atomic E-state index is 0.883. The summed E-state index contributed by atoms with van der Waals surface area (Å²) in [4.78, 5) is 0. The fraction of sp³-hybridized carbons (Fsp3) is 0. The van der Waals surface area contributed by atoms with Crippen molar-refractivity contribution < 1.29 is 4.42 Å². The molecule has 0 aliphatic carbocycles. The van der Waals surface area contributed by atoms with Gasteiger partial charge in [-0.15, -0.1) is 0 Å². The van der Waals surface area contributed by atoms with Crippen LogP contribution in [0.1, 0.15) is 0 Å². The lowest BCUT2D eigenvalue weighted by Gasteiger charge is -2.12. The predicted octanol–water partition coefficient (Wildman–Crippen LogP) is 14.5. The van der Waals surface area contributed by atoms with Crippen molar-refractivity contribution in [3.63, 3.8) is 0 Å². The zero-order chi connectivity index (χ0) is 37.9. The van der Waals surface area contributed by atoms with Gasteiger partial charge >= 0.3 is 0 Å². The van der Waals surface area contributed by atoms with Crippen molar-refractivity contribution in [3.05, 3.63) is 200 Å². The van der Waals surface area contributed by atoms with Crippen LogP contribution in [0.15, 0.2) is 205 Å². The number of benzene rings is 9. The minimum absolute atomic E-state index is 0.883. The van der Waals surface area contributed by atoms with Crippen molar-refractivity contribution in [2.75, 3.05) is 0 Å². The molecule has 0 spiro atoms. The Hall–Kier alpha value is -7.82. The van der Waals surface area contributed by atoms with E-state index in [-0.39, 0.29) is 0 Å². The van der Waals surface area contributed by atoms with Gasteiger partial charge in [-0.25, -0.2) is 0 Å². The van der Waals surface area contributed by atoms with Crippen molar-refractivity contribution in [2.45, 2.75) is 0 Å². The maximum absolute atomic E-state index is 6.85. The number of rotatable bonds is 4. The molecule has 13 aromatic rings. The van der Waals surface area contributed by atoms with Crippen LogP contribution < -0.4 is 0 Å². The SMILES string of the molecule is c1cc(-c2cccc(-n3c4ccccc4c4c5oc6ccc(-n7c8ccccc8c8ccccc87)cc6c5ccc43)c2)cc(-n2c3ccccc3c3ccccc32)c1. The summed E-state index contributed by atoms with van der Waals surface area (Å²) in [5, 5.41) is 9.55. The van der Waals surface area contributed by atoms with Crippen molar-refractivity contribution in [3.8, 4) is 28.2 Å². The van der Waals surface area contributed by atoms with Gasteiger partial charge in [-0.1, -0.05) is 115 Å². The second-order valence-corrected chi connectivity index (χ2v) is 15.3. The monoisotopic (exact) mass is 739 g/mol. The lowest BCUT2D eigenvalue weighted by molar-refractivity contribution is 0.673. The molecule has 58 heavy (non-hydrogen) atoms. The molecule has 4 heterocycles. The van der Waals surface area contributed by atoms with Crippen LogP contribution in [0.3, 0.4) is 0 Å². The molecule has 4 aromatic heterocycles. The molecule has 9 aromatic carbocycles. The van der Waals surface area contributed by atoms with E-state index in [1.807, 2.05) is 0 Å². The molecular formula is C54H33N3O. The Balaban J connectivity index is 0.976. The summed E-state index contributed by atoms with van der Waals surface area (Å²) in [6.07, 6.45) is 0. The molecule has 0 aliphatic rings. The molecule has 0 fully saturated rings. The lowest BCUT2D eigenvalue weighted by Crippen LogP contribution is -1.96. The Labute approximate surface area is 332 Å². The van der Waals surface area contributed by atoms with Crippen LogP contribution in [0, 0.1) is 0 Å². The van der Waals surface area contributed by atoms with Gasteiger partial charge in [0.1, 0.15) is 11.2 Å². The number of aromatic nitrogens is 3. The van der Waals surface area contributed by atoms with Crippen molar-refractivity contribution in [1.29, 1.82) is 0 Å². The number of hydrogen-bond donors (Lipinski definition) is 0. The van der Waals surface area contributed by atoms with Crippen LogP contribution in [-0.4, -0.2) is 13.7 Å². The van der Waals surface area contributed by atoms with Gasteiger partial charge in [0, 0.05) is 54.8 Å². The number of para-hydroxylation sites is 5. The molecule has 0 saturated heterocycles. The van der Waals surface area contributed by atoms with Gasteiger partial charge in [0.2, 0.25) is 0 Å². The Bertz CT molecular complexity index is 3710. The predicted molar refractivity (Wildman–Crippen MR) is 242 cm³/mol. The van der Waals surface area contributed by atoms with Crippen molar-refractivity contribution in [1.82, 2.24) is 13.7 Å². The molecule has 4 nitrogen and oxygen atoms in total. The molecule has 270 valence electrons. The Morgan fingerprint density at radius 3 is 1.22 bits per heavy atom. The summed E-state index contributed by atoms with van der Waals surface area (Å²) in [6.45, 7) is 0. The van der Waals surface area contributed by atoms with E-state index in [0.717, 1.165) is 61.0 Å². The van der Waals surface area contributed by atoms with Crippen molar-refractivity contribution in [2.24, 2.45) is 0 Å². The molecule has 0 aliphatic heterocycles. The van der Waals surface area contributed by atoms with Crippen LogP contribution >= 0.6 is 0 Å². The Morgan fingerprint density at radius 2 is 0.707 bits per heavy atom. The van der Waals surface area contributed by atoms with E-state index in [4.69, 9.17) is 4.42 Å². The number of hydrogen-bond acceptors (Lipinski definition) is 1. The maximum atomic E-state index is 6.85. The summed E-state index contributed by atoms with van der Waals surface area (Å²) in [6, 6.07) is 72.4. The van der Waals surface area contributed by atoms with E-state index in [2.05, 4.69) is 214 Å². The largest absolute Gasteiger partial charge is 0.455 e. The van der Waals surface area contributed by atoms with E-state index in [1.54, 1.807) is 0 Å². The third-order valence-electron chi connectivity index (χ3n) is 12.2. The molecule has 0 atom stereocenters. The highest BCUT2D eigenvalue weighted by molar-refractivity contribution is 6.24. The van der Waals surface area contributed by atoms with Gasteiger partial charge < -0.3 is 18.1 Å². The fourth-order valence-electron chi connectivity index (χ4n) is 9.74. The molecule has 0 N–H and O–H groups in total. The molecule has 0 unspecified atom stereocenters. The van der Waals surface area contributed by atoms with E-state index in [1.165, 1.54) is 54.6 Å². The lowest BCUT2D eigenvalue weighted by atomic mass is 10.0. The first-order chi connectivity index (χ1) is 28.8. The molecule has 0 saturated carbocycles. The highest BCUT2D eigenvalue weighted by atomic mass is 16.3. The minimum Gasteiger partial charge on any atom is -0.455 e. The summed E-state index contributed by atoms with van der Waals surface area (Å²) in [5.74, 6) is 0. The van der Waals surface area contributed by atoms with E-state index in [9.17, 15) is 0 Å². The van der Waals surface area contributed by atoms with Gasteiger partial charge in [-0.2, -0.15) is 0 Å². The van der Waals surface area contributed by atoms with Gasteiger partial charge in [0.15, 0.2) is 0 Å². The summed E-state index contributed by atoms with van der Waals surface area (Å²) >= 11 is 0. The first-order valence-electron chi connectivity index (χ1n) is 19.8. The van der Waals surface area contributed by atoms with Crippen LogP contribution in [0.2, 0.25) is 0 Å². The smallest absolute Gasteiger partial charge is 0.145 e. The average molecular weight is 740 g/mol. The van der Waals surface area contributed by atoms with E-state index in [0.29, 0.717) is 0 Å². The van der Waals surface area contributed by atoms with Crippen molar-refractivity contribution >= 4 is 87.4 Å². The standard InChI is InChI=1S/C54H33N3O/c1-6-22-46-39(17-1)40-18-2-7-23-47(40)55(46)36-15-11-13-34(31-36)35-14-12-16-37(32-35)57-50-26-10-5-21-44(50)53-51(57)29-28-43-45-33-38(27-30-52(45)58-54(43)53)56-48-24-8-3-19-41(48)42-20-4-9-25-49(42)56/h1-33H. The summed E-state index contributed by atoms with van der Waals surface area (Å²) < 4.78 is 14.0.